The van der Waals surface area contributed by atoms with Crippen molar-refractivity contribution >= 4 is 27.5 Å². The molecule has 0 saturated heterocycles. The maximum atomic E-state index is 11.9. The van der Waals surface area contributed by atoms with Crippen LogP contribution in [0.5, 0.6) is 0 Å². The van der Waals surface area contributed by atoms with E-state index in [1.54, 1.807) is 0 Å². The van der Waals surface area contributed by atoms with Crippen LogP contribution in [0, 0.1) is 0 Å². The highest BCUT2D eigenvalue weighted by Gasteiger charge is 2.33. The van der Waals surface area contributed by atoms with Crippen molar-refractivity contribution in [1.29, 1.82) is 0 Å². The Hall–Kier alpha value is -0.360. The second-order valence-corrected chi connectivity index (χ2v) is 2.94. The number of halogens is 5. The molecule has 0 aliphatic rings. The van der Waals surface area contributed by atoms with Gasteiger partial charge in [0, 0.05) is 0 Å². The highest BCUT2D eigenvalue weighted by molar-refractivity contribution is 9.10. The molecule has 0 aliphatic carbocycles. The molecule has 1 aromatic heterocycles. The minimum atomic E-state index is -4.49. The van der Waals surface area contributed by atoms with Crippen molar-refractivity contribution in [2.24, 2.45) is 0 Å². The first-order chi connectivity index (χ1) is 5.41. The van der Waals surface area contributed by atoms with E-state index in [1.807, 2.05) is 0 Å². The zero-order valence-corrected chi connectivity index (χ0v) is 7.70. The van der Waals surface area contributed by atoms with Gasteiger partial charge in [0.05, 0.1) is 6.20 Å². The SMILES string of the molecule is FC(F)(F)c1cnc(Cl)c(Br)n1. The number of nitrogens with zero attached hydrogens (tertiary/aromatic N) is 2. The molecule has 0 aliphatic heterocycles. The van der Waals surface area contributed by atoms with E-state index in [-0.39, 0.29) is 9.76 Å². The number of hydrogen-bond donors (Lipinski definition) is 0. The van der Waals surface area contributed by atoms with Crippen LogP contribution in [-0.4, -0.2) is 9.97 Å². The van der Waals surface area contributed by atoms with Gasteiger partial charge in [-0.2, -0.15) is 13.2 Å². The lowest BCUT2D eigenvalue weighted by Gasteiger charge is -2.04. The smallest absolute Gasteiger partial charge is 0.239 e. The third-order valence-corrected chi connectivity index (χ3v) is 2.04. The fraction of sp³-hybridized carbons (Fsp3) is 0.200. The molecule has 1 rings (SSSR count). The summed E-state index contributed by atoms with van der Waals surface area (Å²) in [6, 6.07) is 0. The summed E-state index contributed by atoms with van der Waals surface area (Å²) in [6.07, 6.45) is -3.91. The second kappa shape index (κ2) is 3.18. The van der Waals surface area contributed by atoms with Gasteiger partial charge in [0.15, 0.2) is 10.8 Å². The summed E-state index contributed by atoms with van der Waals surface area (Å²) in [4.78, 5) is 6.42. The van der Waals surface area contributed by atoms with E-state index in [0.717, 1.165) is 0 Å². The Labute approximate surface area is 78.9 Å². The van der Waals surface area contributed by atoms with E-state index in [0.29, 0.717) is 6.20 Å². The van der Waals surface area contributed by atoms with Gasteiger partial charge in [0.2, 0.25) is 0 Å². The zero-order valence-electron chi connectivity index (χ0n) is 5.36. The fourth-order valence-electron chi connectivity index (χ4n) is 0.488. The maximum Gasteiger partial charge on any atom is 0.434 e. The van der Waals surface area contributed by atoms with Crippen LogP contribution in [0.2, 0.25) is 5.15 Å². The van der Waals surface area contributed by atoms with E-state index in [9.17, 15) is 13.2 Å². The van der Waals surface area contributed by atoms with E-state index < -0.39 is 11.9 Å². The van der Waals surface area contributed by atoms with E-state index >= 15 is 0 Å². The minimum Gasteiger partial charge on any atom is -0.239 e. The lowest BCUT2D eigenvalue weighted by Crippen LogP contribution is -2.08. The van der Waals surface area contributed by atoms with Gasteiger partial charge >= 0.3 is 6.18 Å². The maximum absolute atomic E-state index is 11.9. The lowest BCUT2D eigenvalue weighted by atomic mass is 10.4. The van der Waals surface area contributed by atoms with Crippen LogP contribution < -0.4 is 0 Å². The highest BCUT2D eigenvalue weighted by Crippen LogP contribution is 2.29. The summed E-state index contributed by atoms with van der Waals surface area (Å²) in [5.74, 6) is 0. The summed E-state index contributed by atoms with van der Waals surface area (Å²) in [7, 11) is 0. The van der Waals surface area contributed by atoms with Gasteiger partial charge in [0.25, 0.3) is 0 Å². The molecule has 0 N–H and O–H groups in total. The molecule has 1 aromatic rings. The Bertz CT molecular complexity index is 301. The van der Waals surface area contributed by atoms with Crippen molar-refractivity contribution in [3.05, 3.63) is 21.6 Å². The summed E-state index contributed by atoms with van der Waals surface area (Å²) in [5.41, 5.74) is -1.07. The van der Waals surface area contributed by atoms with Crippen LogP contribution in [-0.2, 0) is 6.18 Å². The molecule has 0 bridgehead atoms. The van der Waals surface area contributed by atoms with E-state index in [4.69, 9.17) is 11.6 Å². The normalized spacial score (nSPS) is 11.8. The largest absolute Gasteiger partial charge is 0.434 e. The second-order valence-electron chi connectivity index (χ2n) is 1.83. The van der Waals surface area contributed by atoms with Crippen LogP contribution in [0.1, 0.15) is 5.69 Å². The standard InChI is InChI=1S/C5HBrClF3N2/c6-3-4(7)11-1-2(12-3)5(8,9)10/h1H. The lowest BCUT2D eigenvalue weighted by molar-refractivity contribution is -0.141. The topological polar surface area (TPSA) is 25.8 Å². The summed E-state index contributed by atoms with van der Waals surface area (Å²) >= 11 is 8.08. The predicted octanol–water partition coefficient (Wildman–Crippen LogP) is 2.91. The van der Waals surface area contributed by atoms with Gasteiger partial charge in [-0.15, -0.1) is 0 Å². The molecule has 0 unspecified atom stereocenters. The Balaban J connectivity index is 3.14. The predicted molar refractivity (Wildman–Crippen MR) is 39.7 cm³/mol. The van der Waals surface area contributed by atoms with Crippen molar-refractivity contribution in [1.82, 2.24) is 9.97 Å². The third-order valence-electron chi connectivity index (χ3n) is 0.979. The number of alkyl halides is 3. The molecule has 0 saturated carbocycles. The number of aromatic nitrogens is 2. The summed E-state index contributed by atoms with van der Waals surface area (Å²) in [5, 5.41) is -0.0944. The molecule has 0 fully saturated rings. The number of rotatable bonds is 0. The van der Waals surface area contributed by atoms with Crippen molar-refractivity contribution in [2.75, 3.05) is 0 Å². The van der Waals surface area contributed by atoms with Gasteiger partial charge in [-0.1, -0.05) is 11.6 Å². The molecule has 0 amide bonds. The average molecular weight is 261 g/mol. The molecule has 66 valence electrons. The van der Waals surface area contributed by atoms with Crippen LogP contribution in [0.25, 0.3) is 0 Å². The average Bonchev–Trinajstić information content (AvgIpc) is 1.92. The van der Waals surface area contributed by atoms with Crippen LogP contribution in [0.15, 0.2) is 10.8 Å². The van der Waals surface area contributed by atoms with Gasteiger partial charge in [-0.05, 0) is 15.9 Å². The van der Waals surface area contributed by atoms with Crippen molar-refractivity contribution in [2.45, 2.75) is 6.18 Å². The Morgan fingerprint density at radius 2 is 2.00 bits per heavy atom. The van der Waals surface area contributed by atoms with Crippen LogP contribution in [0.4, 0.5) is 13.2 Å². The first-order valence-electron chi connectivity index (χ1n) is 2.66. The van der Waals surface area contributed by atoms with Crippen LogP contribution >= 0.6 is 27.5 Å². The molecule has 0 radical (unpaired) electrons. The monoisotopic (exact) mass is 260 g/mol. The quantitative estimate of drug-likeness (QED) is 0.717. The molecular weight excluding hydrogens is 260 g/mol. The molecule has 2 nitrogen and oxygen atoms in total. The van der Waals surface area contributed by atoms with Gasteiger partial charge in [0.1, 0.15) is 4.60 Å². The molecule has 12 heavy (non-hydrogen) atoms. The summed E-state index contributed by atoms with van der Waals surface area (Å²) in [6.45, 7) is 0. The molecule has 0 atom stereocenters. The first-order valence-corrected chi connectivity index (χ1v) is 3.83. The van der Waals surface area contributed by atoms with Crippen LogP contribution in [0.3, 0.4) is 0 Å². The molecule has 1 heterocycles. The Kier molecular flexibility index (Phi) is 2.58. The molecule has 0 spiro atoms. The molecule has 0 aromatic carbocycles. The van der Waals surface area contributed by atoms with E-state index in [2.05, 4.69) is 25.9 Å². The molecular formula is C5HBrClF3N2. The van der Waals surface area contributed by atoms with Gasteiger partial charge < -0.3 is 0 Å². The van der Waals surface area contributed by atoms with Gasteiger partial charge in [-0.3, -0.25) is 0 Å². The Morgan fingerprint density at radius 3 is 2.42 bits per heavy atom. The molecule has 7 heteroatoms. The summed E-state index contributed by atoms with van der Waals surface area (Å²) < 4.78 is 35.7. The zero-order chi connectivity index (χ0) is 9.35. The van der Waals surface area contributed by atoms with E-state index in [1.165, 1.54) is 0 Å². The highest BCUT2D eigenvalue weighted by atomic mass is 79.9. The first kappa shape index (κ1) is 9.73. The third kappa shape index (κ3) is 2.07. The minimum absolute atomic E-state index is 0.0944. The number of hydrogen-bond acceptors (Lipinski definition) is 2. The van der Waals surface area contributed by atoms with Crippen molar-refractivity contribution in [3.63, 3.8) is 0 Å². The van der Waals surface area contributed by atoms with Crippen molar-refractivity contribution in [3.8, 4) is 0 Å². The van der Waals surface area contributed by atoms with Gasteiger partial charge in [-0.25, -0.2) is 9.97 Å². The van der Waals surface area contributed by atoms with Crippen molar-refractivity contribution < 1.29 is 13.2 Å². The fourth-order valence-corrected chi connectivity index (χ4v) is 0.873. The Morgan fingerprint density at radius 1 is 1.42 bits per heavy atom.